The minimum Gasteiger partial charge on any atom is -0.497 e. The zero-order chi connectivity index (χ0) is 18.4. The van der Waals surface area contributed by atoms with E-state index >= 15 is 0 Å². The number of benzene rings is 1. The summed E-state index contributed by atoms with van der Waals surface area (Å²) in [5.41, 5.74) is 2.46. The second-order valence-corrected chi connectivity index (χ2v) is 6.22. The van der Waals surface area contributed by atoms with Crippen LogP contribution in [0.2, 0.25) is 0 Å². The number of thioether (sulfide) groups is 1. The van der Waals surface area contributed by atoms with Gasteiger partial charge < -0.3 is 10.1 Å². The van der Waals surface area contributed by atoms with Gasteiger partial charge in [0, 0.05) is 12.6 Å². The molecule has 2 heterocycles. The summed E-state index contributed by atoms with van der Waals surface area (Å²) < 4.78 is 6.67. The fraction of sp³-hybridized carbons (Fsp3) is 0.250. The Morgan fingerprint density at radius 2 is 2.08 bits per heavy atom. The lowest BCUT2D eigenvalue weighted by Crippen LogP contribution is -2.25. The summed E-state index contributed by atoms with van der Waals surface area (Å²) in [5, 5.41) is 14.5. The molecule has 1 amide bonds. The Bertz CT molecular complexity index is 882. The Hall–Kier alpha value is -3.01. The summed E-state index contributed by atoms with van der Waals surface area (Å²) in [6.45, 7) is 0.322. The fourth-order valence-electron chi connectivity index (χ4n) is 2.13. The van der Waals surface area contributed by atoms with E-state index in [-0.39, 0.29) is 11.7 Å². The zero-order valence-corrected chi connectivity index (χ0v) is 15.1. The van der Waals surface area contributed by atoms with Gasteiger partial charge in [0.05, 0.1) is 30.8 Å². The van der Waals surface area contributed by atoms with Crippen LogP contribution in [-0.4, -0.2) is 48.9 Å². The zero-order valence-electron chi connectivity index (χ0n) is 14.3. The number of aryl methyl sites for hydroxylation is 1. The van der Waals surface area contributed by atoms with E-state index in [9.17, 15) is 4.79 Å². The monoisotopic (exact) mass is 371 g/mol. The van der Waals surface area contributed by atoms with Crippen molar-refractivity contribution in [1.29, 1.82) is 0 Å². The van der Waals surface area contributed by atoms with Gasteiger partial charge in [-0.2, -0.15) is 0 Å². The highest BCUT2D eigenvalue weighted by atomic mass is 32.2. The van der Waals surface area contributed by atoms with Gasteiger partial charge in [-0.1, -0.05) is 11.8 Å². The molecule has 0 aliphatic carbocycles. The number of hydrogen-bond acceptors (Lipinski definition) is 8. The number of carbonyl (C=O) groups excluding carboxylic acids is 1. The standard InChI is InChI=1S/C16H17N7O2S/c1-23-16(20-21-22-23)26-9-15(24)17-8-12-7-14(19-10-18-12)11-3-5-13(25-2)6-4-11/h3-7,10H,8-9H2,1-2H3,(H,17,24). The fourth-order valence-corrected chi connectivity index (χ4v) is 2.81. The third-order valence-electron chi connectivity index (χ3n) is 3.49. The van der Waals surface area contributed by atoms with Crippen LogP contribution < -0.4 is 10.1 Å². The average molecular weight is 371 g/mol. The number of nitrogens with zero attached hydrogens (tertiary/aromatic N) is 6. The number of rotatable bonds is 7. The van der Waals surface area contributed by atoms with E-state index < -0.39 is 0 Å². The summed E-state index contributed by atoms with van der Waals surface area (Å²) in [6.07, 6.45) is 1.49. The van der Waals surface area contributed by atoms with Gasteiger partial charge in [0.25, 0.3) is 0 Å². The topological polar surface area (TPSA) is 108 Å². The van der Waals surface area contributed by atoms with Crippen LogP contribution >= 0.6 is 11.8 Å². The van der Waals surface area contributed by atoms with Crippen LogP contribution in [0.15, 0.2) is 41.8 Å². The molecule has 1 aromatic carbocycles. The van der Waals surface area contributed by atoms with E-state index in [1.54, 1.807) is 14.2 Å². The quantitative estimate of drug-likeness (QED) is 0.615. The largest absolute Gasteiger partial charge is 0.497 e. The smallest absolute Gasteiger partial charge is 0.230 e. The van der Waals surface area contributed by atoms with Gasteiger partial charge in [-0.25, -0.2) is 14.6 Å². The van der Waals surface area contributed by atoms with Crippen molar-refractivity contribution < 1.29 is 9.53 Å². The number of nitrogens with one attached hydrogen (secondary N) is 1. The molecule has 3 rings (SSSR count). The van der Waals surface area contributed by atoms with E-state index in [0.717, 1.165) is 22.7 Å². The molecule has 0 spiro atoms. The van der Waals surface area contributed by atoms with Crippen LogP contribution in [0.4, 0.5) is 0 Å². The molecule has 26 heavy (non-hydrogen) atoms. The maximum Gasteiger partial charge on any atom is 0.230 e. The minimum atomic E-state index is -0.123. The summed E-state index contributed by atoms with van der Waals surface area (Å²) in [6, 6.07) is 9.45. The Morgan fingerprint density at radius 3 is 2.77 bits per heavy atom. The molecule has 0 bridgehead atoms. The predicted octanol–water partition coefficient (Wildman–Crippen LogP) is 1.08. The van der Waals surface area contributed by atoms with Crippen LogP contribution in [0.3, 0.4) is 0 Å². The molecule has 9 nitrogen and oxygen atoms in total. The molecule has 3 aromatic rings. The molecule has 134 valence electrons. The molecule has 0 aliphatic heterocycles. The van der Waals surface area contributed by atoms with Gasteiger partial charge in [-0.05, 0) is 40.8 Å². The highest BCUT2D eigenvalue weighted by Crippen LogP contribution is 2.20. The summed E-state index contributed by atoms with van der Waals surface area (Å²) in [7, 11) is 3.35. The highest BCUT2D eigenvalue weighted by molar-refractivity contribution is 7.99. The van der Waals surface area contributed by atoms with Crippen LogP contribution in [0.25, 0.3) is 11.3 Å². The molecule has 2 aromatic heterocycles. The first-order valence-corrected chi connectivity index (χ1v) is 8.71. The molecule has 0 saturated carbocycles. The van der Waals surface area contributed by atoms with Crippen molar-refractivity contribution in [3.05, 3.63) is 42.4 Å². The van der Waals surface area contributed by atoms with Gasteiger partial charge in [0.15, 0.2) is 0 Å². The van der Waals surface area contributed by atoms with Crippen molar-refractivity contribution in [2.24, 2.45) is 7.05 Å². The molecule has 1 N–H and O–H groups in total. The molecule has 10 heteroatoms. The number of ether oxygens (including phenoxy) is 1. The Morgan fingerprint density at radius 1 is 1.27 bits per heavy atom. The Labute approximate surface area is 154 Å². The number of amides is 1. The van der Waals surface area contributed by atoms with Crippen LogP contribution in [0, 0.1) is 0 Å². The Kier molecular flexibility index (Phi) is 5.74. The van der Waals surface area contributed by atoms with Crippen LogP contribution in [0.5, 0.6) is 5.75 Å². The number of carbonyl (C=O) groups is 1. The Balaban J connectivity index is 1.56. The van der Waals surface area contributed by atoms with Gasteiger partial charge in [0.2, 0.25) is 11.1 Å². The third-order valence-corrected chi connectivity index (χ3v) is 4.50. The summed E-state index contributed by atoms with van der Waals surface area (Å²) in [4.78, 5) is 20.5. The van der Waals surface area contributed by atoms with Crippen molar-refractivity contribution in [2.75, 3.05) is 12.9 Å². The van der Waals surface area contributed by atoms with Gasteiger partial charge in [-0.3, -0.25) is 4.79 Å². The lowest BCUT2D eigenvalue weighted by molar-refractivity contribution is -0.118. The molecule has 0 aliphatic rings. The normalized spacial score (nSPS) is 10.5. The van der Waals surface area contributed by atoms with Gasteiger partial charge in [0.1, 0.15) is 12.1 Å². The van der Waals surface area contributed by atoms with Crippen molar-refractivity contribution >= 4 is 17.7 Å². The van der Waals surface area contributed by atoms with Crippen molar-refractivity contribution in [3.8, 4) is 17.0 Å². The second kappa shape index (κ2) is 8.39. The highest BCUT2D eigenvalue weighted by Gasteiger charge is 2.08. The first kappa shape index (κ1) is 17.8. The van der Waals surface area contributed by atoms with Crippen LogP contribution in [0.1, 0.15) is 5.69 Å². The van der Waals surface area contributed by atoms with E-state index in [1.165, 1.54) is 22.8 Å². The predicted molar refractivity (Wildman–Crippen MR) is 95.4 cm³/mol. The molecular formula is C16H17N7O2S. The summed E-state index contributed by atoms with van der Waals surface area (Å²) in [5.74, 6) is 0.887. The second-order valence-electron chi connectivity index (χ2n) is 5.27. The molecule has 0 atom stereocenters. The average Bonchev–Trinajstić information content (AvgIpc) is 3.10. The third kappa shape index (κ3) is 4.54. The van der Waals surface area contributed by atoms with Gasteiger partial charge in [-0.15, -0.1) is 5.10 Å². The van der Waals surface area contributed by atoms with E-state index in [1.807, 2.05) is 30.3 Å². The maximum atomic E-state index is 12.0. The lowest BCUT2D eigenvalue weighted by atomic mass is 10.1. The lowest BCUT2D eigenvalue weighted by Gasteiger charge is -2.07. The van der Waals surface area contributed by atoms with Crippen molar-refractivity contribution in [3.63, 3.8) is 0 Å². The summed E-state index contributed by atoms with van der Waals surface area (Å²) >= 11 is 1.27. The van der Waals surface area contributed by atoms with Crippen molar-refractivity contribution in [1.82, 2.24) is 35.5 Å². The van der Waals surface area contributed by atoms with E-state index in [2.05, 4.69) is 30.8 Å². The van der Waals surface area contributed by atoms with E-state index in [4.69, 9.17) is 4.74 Å². The number of aromatic nitrogens is 6. The first-order chi connectivity index (χ1) is 12.7. The first-order valence-electron chi connectivity index (χ1n) is 7.73. The number of methoxy groups -OCH3 is 1. The van der Waals surface area contributed by atoms with Crippen molar-refractivity contribution in [2.45, 2.75) is 11.7 Å². The molecule has 0 radical (unpaired) electrons. The number of tetrazole rings is 1. The van der Waals surface area contributed by atoms with Crippen LogP contribution in [-0.2, 0) is 18.4 Å². The molecular weight excluding hydrogens is 354 g/mol. The number of hydrogen-bond donors (Lipinski definition) is 1. The SMILES string of the molecule is COc1ccc(-c2cc(CNC(=O)CSc3nnnn3C)ncn2)cc1. The molecule has 0 saturated heterocycles. The maximum absolute atomic E-state index is 12.0. The van der Waals surface area contributed by atoms with Gasteiger partial charge >= 0.3 is 0 Å². The van der Waals surface area contributed by atoms with E-state index in [0.29, 0.717) is 11.7 Å². The molecule has 0 unspecified atom stereocenters. The minimum absolute atomic E-state index is 0.123. The molecule has 0 fully saturated rings.